The number of aromatic amines is 1. The fraction of sp³-hybridized carbons (Fsp3) is 0.176. The third-order valence-electron chi connectivity index (χ3n) is 4.04. The summed E-state index contributed by atoms with van der Waals surface area (Å²) in [6, 6.07) is 14.9. The number of ether oxygens (including phenoxy) is 1. The van der Waals surface area contributed by atoms with E-state index in [0.717, 1.165) is 18.6 Å². The van der Waals surface area contributed by atoms with Crippen molar-refractivity contribution < 1.29 is 4.74 Å². The van der Waals surface area contributed by atoms with Gasteiger partial charge in [0.1, 0.15) is 5.75 Å². The van der Waals surface area contributed by atoms with Crippen molar-refractivity contribution in [1.82, 2.24) is 4.98 Å². The lowest BCUT2D eigenvalue weighted by atomic mass is 9.89. The van der Waals surface area contributed by atoms with Gasteiger partial charge in [0.2, 0.25) is 0 Å². The zero-order valence-electron chi connectivity index (χ0n) is 10.9. The zero-order valence-corrected chi connectivity index (χ0v) is 10.9. The Kier molecular flexibility index (Phi) is 2.18. The van der Waals surface area contributed by atoms with Crippen LogP contribution < -0.4 is 4.74 Å². The van der Waals surface area contributed by atoms with Crippen molar-refractivity contribution >= 4 is 10.9 Å². The van der Waals surface area contributed by atoms with Crippen molar-refractivity contribution in [3.63, 3.8) is 0 Å². The summed E-state index contributed by atoms with van der Waals surface area (Å²) in [4.78, 5) is 3.57. The number of hydrogen-bond donors (Lipinski definition) is 1. The van der Waals surface area contributed by atoms with Gasteiger partial charge in [-0.2, -0.15) is 0 Å². The van der Waals surface area contributed by atoms with Crippen molar-refractivity contribution in [2.24, 2.45) is 0 Å². The molecule has 0 atom stereocenters. The summed E-state index contributed by atoms with van der Waals surface area (Å²) in [5.41, 5.74) is 6.68. The maximum Gasteiger partial charge on any atom is 0.120 e. The van der Waals surface area contributed by atoms with Crippen molar-refractivity contribution in [3.8, 4) is 17.0 Å². The molecule has 0 saturated heterocycles. The van der Waals surface area contributed by atoms with E-state index >= 15 is 0 Å². The van der Waals surface area contributed by atoms with Gasteiger partial charge >= 0.3 is 0 Å². The Morgan fingerprint density at radius 3 is 2.84 bits per heavy atom. The molecule has 2 heteroatoms. The summed E-state index contributed by atoms with van der Waals surface area (Å²) in [5.74, 6) is 0.902. The predicted octanol–water partition coefficient (Wildman–Crippen LogP) is 3.94. The molecule has 19 heavy (non-hydrogen) atoms. The fourth-order valence-electron chi connectivity index (χ4n) is 3.09. The zero-order chi connectivity index (χ0) is 12.8. The summed E-state index contributed by atoms with van der Waals surface area (Å²) in [5, 5.41) is 1.32. The number of H-pyrrole nitrogens is 1. The number of benzene rings is 2. The van der Waals surface area contributed by atoms with Crippen LogP contribution in [-0.4, -0.2) is 12.1 Å². The van der Waals surface area contributed by atoms with Crippen LogP contribution in [-0.2, 0) is 12.8 Å². The molecule has 94 valence electrons. The molecule has 4 rings (SSSR count). The van der Waals surface area contributed by atoms with Crippen LogP contribution in [0.25, 0.3) is 22.2 Å². The number of aryl methyl sites for hydroxylation is 2. The van der Waals surface area contributed by atoms with E-state index in [1.165, 1.54) is 33.3 Å². The minimum atomic E-state index is 0.902. The molecular formula is C17H15NO. The van der Waals surface area contributed by atoms with Gasteiger partial charge in [0, 0.05) is 28.2 Å². The maximum atomic E-state index is 5.30. The largest absolute Gasteiger partial charge is 0.497 e. The summed E-state index contributed by atoms with van der Waals surface area (Å²) in [7, 11) is 1.71. The van der Waals surface area contributed by atoms with Crippen molar-refractivity contribution in [1.29, 1.82) is 0 Å². The summed E-state index contributed by atoms with van der Waals surface area (Å²) < 4.78 is 5.30. The second kappa shape index (κ2) is 3.89. The third-order valence-corrected chi connectivity index (χ3v) is 4.04. The van der Waals surface area contributed by atoms with Gasteiger partial charge in [0.25, 0.3) is 0 Å². The number of rotatable bonds is 1. The van der Waals surface area contributed by atoms with E-state index in [4.69, 9.17) is 4.74 Å². The Balaban J connectivity index is 2.01. The lowest BCUT2D eigenvalue weighted by Crippen LogP contribution is -2.02. The third kappa shape index (κ3) is 1.49. The van der Waals surface area contributed by atoms with Crippen LogP contribution in [0.1, 0.15) is 11.1 Å². The highest BCUT2D eigenvalue weighted by atomic mass is 16.5. The first-order valence-corrected chi connectivity index (χ1v) is 6.63. The first-order chi connectivity index (χ1) is 9.36. The SMILES string of the molecule is COc1ccc2c3c([nH]c2c1)-c1ccccc1CC3. The molecule has 3 aromatic rings. The van der Waals surface area contributed by atoms with E-state index in [0.29, 0.717) is 0 Å². The van der Waals surface area contributed by atoms with Crippen LogP contribution >= 0.6 is 0 Å². The van der Waals surface area contributed by atoms with Crippen LogP contribution in [0.2, 0.25) is 0 Å². The van der Waals surface area contributed by atoms with Crippen molar-refractivity contribution in [2.45, 2.75) is 12.8 Å². The topological polar surface area (TPSA) is 25.0 Å². The second-order valence-electron chi connectivity index (χ2n) is 5.05. The number of fused-ring (bicyclic) bond motifs is 5. The van der Waals surface area contributed by atoms with Gasteiger partial charge in [-0.1, -0.05) is 24.3 Å². The van der Waals surface area contributed by atoms with Crippen LogP contribution in [0.3, 0.4) is 0 Å². The molecule has 2 nitrogen and oxygen atoms in total. The first-order valence-electron chi connectivity index (χ1n) is 6.63. The number of nitrogens with one attached hydrogen (secondary N) is 1. The quantitative estimate of drug-likeness (QED) is 0.694. The van der Waals surface area contributed by atoms with Crippen molar-refractivity contribution in [3.05, 3.63) is 53.6 Å². The summed E-state index contributed by atoms with van der Waals surface area (Å²) >= 11 is 0. The fourth-order valence-corrected chi connectivity index (χ4v) is 3.09. The molecule has 1 N–H and O–H groups in total. The van der Waals surface area contributed by atoms with Gasteiger partial charge in [-0.05, 0) is 36.1 Å². The van der Waals surface area contributed by atoms with Crippen molar-refractivity contribution in [2.75, 3.05) is 7.11 Å². The van der Waals surface area contributed by atoms with Gasteiger partial charge < -0.3 is 9.72 Å². The molecule has 1 aromatic heterocycles. The number of hydrogen-bond acceptors (Lipinski definition) is 1. The lowest BCUT2D eigenvalue weighted by molar-refractivity contribution is 0.415. The molecule has 0 aliphatic heterocycles. The standard InChI is InChI=1S/C17H15NO/c1-19-12-7-9-14-15-8-6-11-4-2-3-5-13(11)17(15)18-16(14)10-12/h2-5,7,9-10,18H,6,8H2,1H3. The smallest absolute Gasteiger partial charge is 0.120 e. The van der Waals surface area contributed by atoms with E-state index < -0.39 is 0 Å². The lowest BCUT2D eigenvalue weighted by Gasteiger charge is -2.16. The average Bonchev–Trinajstić information content (AvgIpc) is 2.85. The molecule has 0 amide bonds. The van der Waals surface area contributed by atoms with Gasteiger partial charge in [0.05, 0.1) is 7.11 Å². The Bertz CT molecular complexity index is 770. The molecule has 0 radical (unpaired) electrons. The van der Waals surface area contributed by atoms with Crippen LogP contribution in [0.5, 0.6) is 5.75 Å². The highest BCUT2D eigenvalue weighted by Crippen LogP contribution is 2.38. The van der Waals surface area contributed by atoms with Crippen LogP contribution in [0, 0.1) is 0 Å². The maximum absolute atomic E-state index is 5.30. The molecule has 0 fully saturated rings. The molecule has 1 aliphatic rings. The number of methoxy groups -OCH3 is 1. The molecule has 0 unspecified atom stereocenters. The van der Waals surface area contributed by atoms with Gasteiger partial charge in [-0.15, -0.1) is 0 Å². The van der Waals surface area contributed by atoms with E-state index in [1.807, 2.05) is 6.07 Å². The minimum absolute atomic E-state index is 0.902. The molecule has 1 aliphatic carbocycles. The summed E-state index contributed by atoms with van der Waals surface area (Å²) in [6.07, 6.45) is 2.24. The van der Waals surface area contributed by atoms with Crippen LogP contribution in [0.15, 0.2) is 42.5 Å². The molecule has 0 saturated carbocycles. The van der Waals surface area contributed by atoms with E-state index in [9.17, 15) is 0 Å². The minimum Gasteiger partial charge on any atom is -0.497 e. The van der Waals surface area contributed by atoms with Crippen LogP contribution in [0.4, 0.5) is 0 Å². The first kappa shape index (κ1) is 10.7. The monoisotopic (exact) mass is 249 g/mol. The van der Waals surface area contributed by atoms with Gasteiger partial charge in [-0.3, -0.25) is 0 Å². The highest BCUT2D eigenvalue weighted by Gasteiger charge is 2.20. The molecule has 1 heterocycles. The number of aromatic nitrogens is 1. The molecular weight excluding hydrogens is 234 g/mol. The summed E-state index contributed by atoms with van der Waals surface area (Å²) in [6.45, 7) is 0. The van der Waals surface area contributed by atoms with Gasteiger partial charge in [-0.25, -0.2) is 0 Å². The van der Waals surface area contributed by atoms with E-state index in [-0.39, 0.29) is 0 Å². The Morgan fingerprint density at radius 1 is 1.05 bits per heavy atom. The van der Waals surface area contributed by atoms with E-state index in [2.05, 4.69) is 41.4 Å². The Labute approximate surface area is 112 Å². The molecule has 2 aromatic carbocycles. The molecule has 0 bridgehead atoms. The Hall–Kier alpha value is -2.22. The Morgan fingerprint density at radius 2 is 1.95 bits per heavy atom. The highest BCUT2D eigenvalue weighted by molar-refractivity contribution is 5.93. The second-order valence-corrected chi connectivity index (χ2v) is 5.05. The molecule has 0 spiro atoms. The normalized spacial score (nSPS) is 13.1. The average molecular weight is 249 g/mol. The van der Waals surface area contributed by atoms with Gasteiger partial charge in [0.15, 0.2) is 0 Å². The predicted molar refractivity (Wildman–Crippen MR) is 77.7 cm³/mol. The van der Waals surface area contributed by atoms with E-state index in [1.54, 1.807) is 7.11 Å².